The Morgan fingerprint density at radius 3 is 2.47 bits per heavy atom. The van der Waals surface area contributed by atoms with E-state index in [2.05, 4.69) is 6.58 Å². The lowest BCUT2D eigenvalue weighted by atomic mass is 9.52. The van der Waals surface area contributed by atoms with E-state index in [0.29, 0.717) is 19.3 Å². The molecule has 0 amide bonds. The topological polar surface area (TPSA) is 77.8 Å². The quantitative estimate of drug-likeness (QED) is 0.669. The number of carboxylic acid groups (broad SMARTS) is 1. The zero-order valence-electron chi connectivity index (χ0n) is 11.7. The number of hydrogen-bond donors (Lipinski definition) is 3. The van der Waals surface area contributed by atoms with Crippen molar-refractivity contribution in [3.05, 3.63) is 12.2 Å². The summed E-state index contributed by atoms with van der Waals surface area (Å²) < 4.78 is 0. The number of aliphatic hydroxyl groups is 2. The molecule has 2 rings (SSSR count). The first-order valence-electron chi connectivity index (χ1n) is 7.01. The normalized spacial score (nSPS) is 46.4. The molecule has 108 valence electrons. The highest BCUT2D eigenvalue weighted by molar-refractivity contribution is 5.86. The van der Waals surface area contributed by atoms with Crippen LogP contribution in [0.5, 0.6) is 0 Å². The summed E-state index contributed by atoms with van der Waals surface area (Å²) in [6.45, 7) is 7.46. The Kier molecular flexibility index (Phi) is 3.52. The van der Waals surface area contributed by atoms with Gasteiger partial charge in [-0.3, -0.25) is 0 Å². The first-order chi connectivity index (χ1) is 8.68. The van der Waals surface area contributed by atoms with Gasteiger partial charge >= 0.3 is 5.97 Å². The van der Waals surface area contributed by atoms with Crippen molar-refractivity contribution in [2.75, 3.05) is 0 Å². The SMILES string of the molecule is C=C(C(=O)O)C1CC(O)C2(C)CCCC(C)(O)C2C1. The van der Waals surface area contributed by atoms with Gasteiger partial charge in [0.25, 0.3) is 0 Å². The number of rotatable bonds is 2. The van der Waals surface area contributed by atoms with E-state index in [1.54, 1.807) is 0 Å². The molecule has 0 heterocycles. The summed E-state index contributed by atoms with van der Waals surface area (Å²) in [4.78, 5) is 11.1. The number of fused-ring (bicyclic) bond motifs is 1. The molecule has 19 heavy (non-hydrogen) atoms. The van der Waals surface area contributed by atoms with Gasteiger partial charge in [0.05, 0.1) is 11.7 Å². The highest BCUT2D eigenvalue weighted by Crippen LogP contribution is 2.56. The molecule has 0 aliphatic heterocycles. The lowest BCUT2D eigenvalue weighted by molar-refractivity contribution is -0.168. The van der Waals surface area contributed by atoms with Gasteiger partial charge in [0.15, 0.2) is 0 Å². The van der Waals surface area contributed by atoms with Gasteiger partial charge in [-0.25, -0.2) is 4.79 Å². The Balaban J connectivity index is 2.28. The van der Waals surface area contributed by atoms with Crippen molar-refractivity contribution in [2.24, 2.45) is 17.3 Å². The molecular formula is C15H24O4. The van der Waals surface area contributed by atoms with Gasteiger partial charge in [-0.15, -0.1) is 0 Å². The predicted molar refractivity (Wildman–Crippen MR) is 71.6 cm³/mol. The molecule has 0 aromatic carbocycles. The predicted octanol–water partition coefficient (Wildman–Crippen LogP) is 1.96. The molecule has 4 nitrogen and oxygen atoms in total. The summed E-state index contributed by atoms with van der Waals surface area (Å²) in [6, 6.07) is 0. The molecule has 0 aromatic rings. The zero-order valence-corrected chi connectivity index (χ0v) is 11.7. The fourth-order valence-electron chi connectivity index (χ4n) is 4.19. The van der Waals surface area contributed by atoms with E-state index in [9.17, 15) is 15.0 Å². The van der Waals surface area contributed by atoms with Crippen molar-refractivity contribution in [3.8, 4) is 0 Å². The lowest BCUT2D eigenvalue weighted by Gasteiger charge is -2.56. The van der Waals surface area contributed by atoms with Crippen LogP contribution >= 0.6 is 0 Å². The highest BCUT2D eigenvalue weighted by atomic mass is 16.4. The molecule has 2 saturated carbocycles. The summed E-state index contributed by atoms with van der Waals surface area (Å²) in [6.07, 6.45) is 2.98. The Morgan fingerprint density at radius 1 is 1.26 bits per heavy atom. The van der Waals surface area contributed by atoms with E-state index in [0.717, 1.165) is 12.8 Å². The molecule has 0 saturated heterocycles. The number of aliphatic carboxylic acids is 1. The van der Waals surface area contributed by atoms with Gasteiger partial charge in [-0.1, -0.05) is 13.5 Å². The standard InChI is InChI=1S/C15H24O4/c1-9(13(17)18)10-7-11-14(2,12(16)8-10)5-4-6-15(11,3)19/h10-12,16,19H,1,4-8H2,2-3H3,(H,17,18). The molecule has 2 aliphatic carbocycles. The van der Waals surface area contributed by atoms with E-state index < -0.39 is 17.7 Å². The average Bonchev–Trinajstić information content (AvgIpc) is 2.29. The number of carboxylic acids is 1. The van der Waals surface area contributed by atoms with E-state index in [4.69, 9.17) is 5.11 Å². The van der Waals surface area contributed by atoms with Gasteiger partial charge < -0.3 is 15.3 Å². The minimum atomic E-state index is -1.00. The molecule has 2 aliphatic rings. The molecule has 0 spiro atoms. The zero-order chi connectivity index (χ0) is 14.4. The molecule has 5 atom stereocenters. The molecule has 5 unspecified atom stereocenters. The monoisotopic (exact) mass is 268 g/mol. The van der Waals surface area contributed by atoms with Crippen molar-refractivity contribution in [2.45, 2.75) is 57.7 Å². The Labute approximate surface area is 114 Å². The van der Waals surface area contributed by atoms with Gasteiger partial charge in [0, 0.05) is 5.57 Å². The van der Waals surface area contributed by atoms with Gasteiger partial charge in [-0.05, 0) is 56.3 Å². The minimum absolute atomic E-state index is 0.0707. The van der Waals surface area contributed by atoms with Crippen molar-refractivity contribution in [1.82, 2.24) is 0 Å². The second-order valence-electron chi connectivity index (χ2n) is 6.78. The van der Waals surface area contributed by atoms with Crippen molar-refractivity contribution in [1.29, 1.82) is 0 Å². The van der Waals surface area contributed by atoms with Crippen LogP contribution in [0.1, 0.15) is 46.0 Å². The highest BCUT2D eigenvalue weighted by Gasteiger charge is 2.55. The third-order valence-electron chi connectivity index (χ3n) is 5.50. The second-order valence-corrected chi connectivity index (χ2v) is 6.78. The van der Waals surface area contributed by atoms with E-state index in [1.165, 1.54) is 0 Å². The summed E-state index contributed by atoms with van der Waals surface area (Å²) in [5.74, 6) is -1.31. The van der Waals surface area contributed by atoms with E-state index >= 15 is 0 Å². The van der Waals surface area contributed by atoms with Crippen molar-refractivity contribution < 1.29 is 20.1 Å². The maximum absolute atomic E-state index is 11.1. The van der Waals surface area contributed by atoms with Crippen LogP contribution in [-0.2, 0) is 4.79 Å². The van der Waals surface area contributed by atoms with Crippen molar-refractivity contribution in [3.63, 3.8) is 0 Å². The average molecular weight is 268 g/mol. The summed E-state index contributed by atoms with van der Waals surface area (Å²) in [5.41, 5.74) is -0.981. The van der Waals surface area contributed by atoms with E-state index in [1.807, 2.05) is 13.8 Å². The molecule has 4 heteroatoms. The molecule has 2 fully saturated rings. The largest absolute Gasteiger partial charge is 0.478 e. The molecular weight excluding hydrogens is 244 g/mol. The Bertz CT molecular complexity index is 401. The summed E-state index contributed by atoms with van der Waals surface area (Å²) in [5, 5.41) is 30.1. The van der Waals surface area contributed by atoms with Crippen molar-refractivity contribution >= 4 is 5.97 Å². The van der Waals surface area contributed by atoms with E-state index in [-0.39, 0.29) is 22.8 Å². The number of aliphatic hydroxyl groups excluding tert-OH is 1. The number of carbonyl (C=O) groups is 1. The van der Waals surface area contributed by atoms with Crippen LogP contribution in [0.3, 0.4) is 0 Å². The third kappa shape index (κ3) is 2.32. The fourth-order valence-corrected chi connectivity index (χ4v) is 4.19. The van der Waals surface area contributed by atoms with Gasteiger partial charge in [0.1, 0.15) is 0 Å². The maximum atomic E-state index is 11.1. The molecule has 0 bridgehead atoms. The molecule has 3 N–H and O–H groups in total. The minimum Gasteiger partial charge on any atom is -0.478 e. The van der Waals surface area contributed by atoms with Gasteiger partial charge in [-0.2, -0.15) is 0 Å². The van der Waals surface area contributed by atoms with Crippen LogP contribution in [0, 0.1) is 17.3 Å². The first-order valence-corrected chi connectivity index (χ1v) is 7.01. The van der Waals surface area contributed by atoms with Crippen LogP contribution in [0.15, 0.2) is 12.2 Å². The second kappa shape index (κ2) is 4.60. The van der Waals surface area contributed by atoms with Crippen LogP contribution in [0.4, 0.5) is 0 Å². The van der Waals surface area contributed by atoms with Gasteiger partial charge in [0.2, 0.25) is 0 Å². The van der Waals surface area contributed by atoms with Crippen LogP contribution in [0.25, 0.3) is 0 Å². The summed E-state index contributed by atoms with van der Waals surface area (Å²) >= 11 is 0. The Hall–Kier alpha value is -0.870. The third-order valence-corrected chi connectivity index (χ3v) is 5.50. The lowest BCUT2D eigenvalue weighted by Crippen LogP contribution is -2.57. The van der Waals surface area contributed by atoms with Crippen LogP contribution < -0.4 is 0 Å². The van der Waals surface area contributed by atoms with Crippen LogP contribution in [-0.4, -0.2) is 33.0 Å². The Morgan fingerprint density at radius 2 is 1.89 bits per heavy atom. The molecule has 0 radical (unpaired) electrons. The van der Waals surface area contributed by atoms with Crippen LogP contribution in [0.2, 0.25) is 0 Å². The fraction of sp³-hybridized carbons (Fsp3) is 0.800. The summed E-state index contributed by atoms with van der Waals surface area (Å²) in [7, 11) is 0. The first kappa shape index (κ1) is 14.5. The smallest absolute Gasteiger partial charge is 0.331 e. The number of hydrogen-bond acceptors (Lipinski definition) is 3. The molecule has 0 aromatic heterocycles. The maximum Gasteiger partial charge on any atom is 0.331 e.